The van der Waals surface area contributed by atoms with Gasteiger partial charge < -0.3 is 9.73 Å². The smallest absolute Gasteiger partial charge is 0.287 e. The standard InChI is InChI=1S/C21H14ClFN2O4S/c22-17-10-15(23)3-6-20(17)30(27,28)16-4-1-13(2-5-16)11-25-21(26)18-9-14-7-8-24-12-19(14)29-18/h1-10,12H,11H2,(H,25,26). The van der Waals surface area contributed by atoms with Gasteiger partial charge in [-0.2, -0.15) is 0 Å². The molecule has 4 aromatic rings. The van der Waals surface area contributed by atoms with Crippen molar-refractivity contribution in [1.82, 2.24) is 10.3 Å². The highest BCUT2D eigenvalue weighted by Crippen LogP contribution is 2.28. The number of aromatic nitrogens is 1. The first-order chi connectivity index (χ1) is 14.3. The summed E-state index contributed by atoms with van der Waals surface area (Å²) in [7, 11) is -3.90. The monoisotopic (exact) mass is 444 g/mol. The number of hydrogen-bond donors (Lipinski definition) is 1. The molecule has 0 unspecified atom stereocenters. The lowest BCUT2D eigenvalue weighted by molar-refractivity contribution is 0.0925. The van der Waals surface area contributed by atoms with E-state index >= 15 is 0 Å². The number of hydrogen-bond acceptors (Lipinski definition) is 5. The molecule has 0 radical (unpaired) electrons. The zero-order chi connectivity index (χ0) is 21.3. The van der Waals surface area contributed by atoms with Crippen LogP contribution in [-0.4, -0.2) is 19.3 Å². The van der Waals surface area contributed by atoms with Crippen LogP contribution in [0.4, 0.5) is 4.39 Å². The predicted molar refractivity (Wildman–Crippen MR) is 108 cm³/mol. The Hall–Kier alpha value is -3.23. The first kappa shape index (κ1) is 20.1. The van der Waals surface area contributed by atoms with Gasteiger partial charge in [0.2, 0.25) is 9.84 Å². The fourth-order valence-electron chi connectivity index (χ4n) is 2.87. The Balaban J connectivity index is 1.47. The van der Waals surface area contributed by atoms with E-state index in [0.29, 0.717) is 11.1 Å². The predicted octanol–water partition coefficient (Wildman–Crippen LogP) is 4.38. The van der Waals surface area contributed by atoms with Crippen molar-refractivity contribution in [1.29, 1.82) is 0 Å². The molecule has 0 atom stereocenters. The maximum atomic E-state index is 13.2. The third kappa shape index (κ3) is 3.92. The molecule has 30 heavy (non-hydrogen) atoms. The van der Waals surface area contributed by atoms with Crippen LogP contribution in [0, 0.1) is 5.82 Å². The maximum Gasteiger partial charge on any atom is 0.287 e. The molecule has 0 aliphatic carbocycles. The lowest BCUT2D eigenvalue weighted by atomic mass is 10.2. The molecule has 0 aliphatic rings. The second kappa shape index (κ2) is 7.89. The van der Waals surface area contributed by atoms with Crippen LogP contribution >= 0.6 is 11.6 Å². The van der Waals surface area contributed by atoms with Gasteiger partial charge in [-0.1, -0.05) is 23.7 Å². The van der Waals surface area contributed by atoms with Crippen molar-refractivity contribution in [3.05, 3.63) is 89.2 Å². The molecule has 0 aliphatic heterocycles. The highest BCUT2D eigenvalue weighted by Gasteiger charge is 2.21. The molecule has 2 aromatic heterocycles. The number of nitrogens with zero attached hydrogens (tertiary/aromatic N) is 1. The van der Waals surface area contributed by atoms with E-state index in [0.717, 1.165) is 23.6 Å². The zero-order valence-electron chi connectivity index (χ0n) is 15.3. The minimum absolute atomic E-state index is 0.0101. The van der Waals surface area contributed by atoms with E-state index in [1.54, 1.807) is 30.5 Å². The Morgan fingerprint density at radius 3 is 2.57 bits per heavy atom. The summed E-state index contributed by atoms with van der Waals surface area (Å²) < 4.78 is 44.1. The molecule has 152 valence electrons. The van der Waals surface area contributed by atoms with Gasteiger partial charge in [0, 0.05) is 18.1 Å². The normalized spacial score (nSPS) is 11.5. The molecule has 9 heteroatoms. The van der Waals surface area contributed by atoms with Crippen molar-refractivity contribution < 1.29 is 22.0 Å². The zero-order valence-corrected chi connectivity index (χ0v) is 16.9. The van der Waals surface area contributed by atoms with Crippen LogP contribution in [0.15, 0.2) is 81.2 Å². The lowest BCUT2D eigenvalue weighted by Crippen LogP contribution is -2.22. The van der Waals surface area contributed by atoms with Crippen molar-refractivity contribution in [3.63, 3.8) is 0 Å². The van der Waals surface area contributed by atoms with Gasteiger partial charge in [0.25, 0.3) is 5.91 Å². The quantitative estimate of drug-likeness (QED) is 0.461. The number of carbonyl (C=O) groups is 1. The minimum atomic E-state index is -3.90. The molecule has 0 saturated heterocycles. The van der Waals surface area contributed by atoms with Crippen LogP contribution in [0.25, 0.3) is 11.0 Å². The van der Waals surface area contributed by atoms with E-state index in [4.69, 9.17) is 16.0 Å². The average molecular weight is 445 g/mol. The summed E-state index contributed by atoms with van der Waals surface area (Å²) in [5.74, 6) is -0.866. The van der Waals surface area contributed by atoms with Gasteiger partial charge in [-0.3, -0.25) is 9.78 Å². The summed E-state index contributed by atoms with van der Waals surface area (Å²) in [6.45, 7) is 0.172. The first-order valence-corrected chi connectivity index (χ1v) is 10.6. The number of furan rings is 1. The number of nitrogens with one attached hydrogen (secondary N) is 1. The van der Waals surface area contributed by atoms with E-state index in [2.05, 4.69) is 10.3 Å². The van der Waals surface area contributed by atoms with Crippen LogP contribution in [0.1, 0.15) is 16.1 Å². The van der Waals surface area contributed by atoms with Crippen molar-refractivity contribution >= 4 is 38.3 Å². The van der Waals surface area contributed by atoms with E-state index in [-0.39, 0.29) is 27.1 Å². The Kier molecular flexibility index (Phi) is 5.27. The molecule has 0 bridgehead atoms. The summed E-state index contributed by atoms with van der Waals surface area (Å²) in [6.07, 6.45) is 3.13. The number of fused-ring (bicyclic) bond motifs is 1. The summed E-state index contributed by atoms with van der Waals surface area (Å²) in [5, 5.41) is 3.30. The molecule has 4 rings (SSSR count). The number of amides is 1. The maximum absolute atomic E-state index is 13.2. The number of rotatable bonds is 5. The van der Waals surface area contributed by atoms with Gasteiger partial charge in [0.05, 0.1) is 21.0 Å². The molecule has 0 saturated carbocycles. The molecule has 2 heterocycles. The van der Waals surface area contributed by atoms with Crippen molar-refractivity contribution in [2.24, 2.45) is 0 Å². The number of carbonyl (C=O) groups excluding carboxylic acids is 1. The number of benzene rings is 2. The summed E-state index contributed by atoms with van der Waals surface area (Å²) >= 11 is 5.89. The Labute approximate surface area is 176 Å². The summed E-state index contributed by atoms with van der Waals surface area (Å²) in [4.78, 5) is 16.1. The summed E-state index contributed by atoms with van der Waals surface area (Å²) in [6, 6.07) is 12.4. The van der Waals surface area contributed by atoms with Gasteiger partial charge in [0.1, 0.15) is 5.82 Å². The fourth-order valence-corrected chi connectivity index (χ4v) is 4.66. The van der Waals surface area contributed by atoms with Gasteiger partial charge in [-0.25, -0.2) is 12.8 Å². The Morgan fingerprint density at radius 1 is 1.10 bits per heavy atom. The van der Waals surface area contributed by atoms with Crippen LogP contribution in [0.2, 0.25) is 5.02 Å². The van der Waals surface area contributed by atoms with Crippen molar-refractivity contribution in [2.45, 2.75) is 16.3 Å². The number of pyridine rings is 1. The average Bonchev–Trinajstić information content (AvgIpc) is 3.16. The largest absolute Gasteiger partial charge is 0.449 e. The number of sulfone groups is 1. The molecule has 0 fully saturated rings. The lowest BCUT2D eigenvalue weighted by Gasteiger charge is -2.08. The van der Waals surface area contributed by atoms with Gasteiger partial charge in [-0.15, -0.1) is 0 Å². The molecule has 2 aromatic carbocycles. The van der Waals surface area contributed by atoms with Crippen LogP contribution < -0.4 is 5.32 Å². The highest BCUT2D eigenvalue weighted by atomic mass is 35.5. The van der Waals surface area contributed by atoms with Crippen LogP contribution in [0.5, 0.6) is 0 Å². The number of halogens is 2. The second-order valence-electron chi connectivity index (χ2n) is 6.43. The molecule has 6 nitrogen and oxygen atoms in total. The van der Waals surface area contributed by atoms with Gasteiger partial charge >= 0.3 is 0 Å². The molecular formula is C21H14ClFN2O4S. The SMILES string of the molecule is O=C(NCc1ccc(S(=O)(=O)c2ccc(F)cc2Cl)cc1)c1cc2ccncc2o1. The Morgan fingerprint density at radius 2 is 1.87 bits per heavy atom. The van der Waals surface area contributed by atoms with Gasteiger partial charge in [-0.05, 0) is 48.0 Å². The van der Waals surface area contributed by atoms with Gasteiger partial charge in [0.15, 0.2) is 11.3 Å². The second-order valence-corrected chi connectivity index (χ2v) is 8.75. The summed E-state index contributed by atoms with van der Waals surface area (Å²) in [5.41, 5.74) is 1.20. The molecule has 1 N–H and O–H groups in total. The van der Waals surface area contributed by atoms with E-state index in [9.17, 15) is 17.6 Å². The third-order valence-electron chi connectivity index (χ3n) is 4.42. The highest BCUT2D eigenvalue weighted by molar-refractivity contribution is 7.91. The Bertz CT molecular complexity index is 1320. The third-order valence-corrected chi connectivity index (χ3v) is 6.67. The van der Waals surface area contributed by atoms with Crippen LogP contribution in [0.3, 0.4) is 0 Å². The molecular weight excluding hydrogens is 431 g/mol. The molecule has 0 spiro atoms. The van der Waals surface area contributed by atoms with E-state index in [1.165, 1.54) is 18.3 Å². The molecule has 1 amide bonds. The minimum Gasteiger partial charge on any atom is -0.449 e. The van der Waals surface area contributed by atoms with E-state index < -0.39 is 21.6 Å². The van der Waals surface area contributed by atoms with Crippen molar-refractivity contribution in [2.75, 3.05) is 0 Å². The fraction of sp³-hybridized carbons (Fsp3) is 0.0476. The van der Waals surface area contributed by atoms with E-state index in [1.807, 2.05) is 0 Å². The van der Waals surface area contributed by atoms with Crippen molar-refractivity contribution in [3.8, 4) is 0 Å². The first-order valence-electron chi connectivity index (χ1n) is 8.75. The topological polar surface area (TPSA) is 89.3 Å². The van der Waals surface area contributed by atoms with Crippen LogP contribution in [-0.2, 0) is 16.4 Å².